The monoisotopic (exact) mass is 318 g/mol. The summed E-state index contributed by atoms with van der Waals surface area (Å²) < 4.78 is 13.2. The third-order valence-electron chi connectivity index (χ3n) is 3.79. The highest BCUT2D eigenvalue weighted by Crippen LogP contribution is 2.29. The molecule has 0 fully saturated rings. The van der Waals surface area contributed by atoms with E-state index in [0.717, 1.165) is 11.1 Å². The van der Waals surface area contributed by atoms with Crippen molar-refractivity contribution in [3.05, 3.63) is 89.3 Å². The molecule has 0 bridgehead atoms. The molecule has 2 aromatic carbocycles. The molecule has 0 aliphatic rings. The number of hydrogen-bond acceptors (Lipinski definition) is 3. The summed E-state index contributed by atoms with van der Waals surface area (Å²) in [5, 5.41) is 15.6. The number of nitrogens with one attached hydrogen (secondary N) is 1. The van der Waals surface area contributed by atoms with Crippen LogP contribution in [0.25, 0.3) is 6.08 Å². The van der Waals surface area contributed by atoms with Gasteiger partial charge in [0.05, 0.1) is 11.6 Å². The van der Waals surface area contributed by atoms with Gasteiger partial charge in [0.2, 0.25) is 0 Å². The average molecular weight is 318 g/mol. The maximum Gasteiger partial charge on any atom is 0.173 e. The van der Waals surface area contributed by atoms with Gasteiger partial charge in [0.1, 0.15) is 12.1 Å². The molecular formula is C19H15FN4. The molecule has 1 unspecified atom stereocenters. The fourth-order valence-corrected chi connectivity index (χ4v) is 2.56. The van der Waals surface area contributed by atoms with Gasteiger partial charge in [-0.15, -0.1) is 0 Å². The van der Waals surface area contributed by atoms with Crippen LogP contribution in [0.5, 0.6) is 0 Å². The van der Waals surface area contributed by atoms with Crippen molar-refractivity contribution in [2.75, 3.05) is 0 Å². The molecule has 0 saturated carbocycles. The van der Waals surface area contributed by atoms with Crippen molar-refractivity contribution in [3.63, 3.8) is 0 Å². The molecular weight excluding hydrogens is 303 g/mol. The molecule has 0 radical (unpaired) electrons. The molecule has 4 nitrogen and oxygen atoms in total. The average Bonchev–Trinajstić information content (AvgIpc) is 3.13. The summed E-state index contributed by atoms with van der Waals surface area (Å²) in [6.07, 6.45) is 6.08. The molecule has 0 aliphatic heterocycles. The van der Waals surface area contributed by atoms with Crippen molar-refractivity contribution in [1.29, 1.82) is 5.26 Å². The number of halogens is 1. The van der Waals surface area contributed by atoms with E-state index in [0.29, 0.717) is 17.8 Å². The predicted molar refractivity (Wildman–Crippen MR) is 89.4 cm³/mol. The summed E-state index contributed by atoms with van der Waals surface area (Å²) in [6.45, 7) is 0. The lowest BCUT2D eigenvalue weighted by molar-refractivity contribution is 0.626. The van der Waals surface area contributed by atoms with Crippen LogP contribution in [-0.2, 0) is 0 Å². The van der Waals surface area contributed by atoms with Gasteiger partial charge in [-0.1, -0.05) is 30.3 Å². The Bertz CT molecular complexity index is 844. The van der Waals surface area contributed by atoms with Gasteiger partial charge in [0.15, 0.2) is 5.82 Å². The van der Waals surface area contributed by atoms with Crippen molar-refractivity contribution in [1.82, 2.24) is 15.2 Å². The highest BCUT2D eigenvalue weighted by Gasteiger charge is 2.13. The third kappa shape index (κ3) is 3.73. The van der Waals surface area contributed by atoms with Crippen molar-refractivity contribution in [2.45, 2.75) is 12.3 Å². The first-order chi connectivity index (χ1) is 11.8. The molecule has 3 aromatic rings. The van der Waals surface area contributed by atoms with Crippen LogP contribution in [0.15, 0.2) is 60.9 Å². The molecule has 1 N–H and O–H groups in total. The van der Waals surface area contributed by atoms with Gasteiger partial charge in [-0.3, -0.25) is 5.10 Å². The van der Waals surface area contributed by atoms with E-state index < -0.39 is 0 Å². The second kappa shape index (κ2) is 7.34. The van der Waals surface area contributed by atoms with Crippen molar-refractivity contribution in [3.8, 4) is 6.07 Å². The van der Waals surface area contributed by atoms with E-state index in [-0.39, 0.29) is 11.7 Å². The predicted octanol–water partition coefficient (Wildman–Crippen LogP) is 4.05. The summed E-state index contributed by atoms with van der Waals surface area (Å²) in [5.74, 6) is 0.426. The van der Waals surface area contributed by atoms with E-state index >= 15 is 0 Å². The van der Waals surface area contributed by atoms with Gasteiger partial charge in [-0.25, -0.2) is 9.37 Å². The van der Waals surface area contributed by atoms with Gasteiger partial charge in [0, 0.05) is 5.92 Å². The zero-order valence-corrected chi connectivity index (χ0v) is 12.9. The summed E-state index contributed by atoms with van der Waals surface area (Å²) in [6, 6.07) is 16.1. The van der Waals surface area contributed by atoms with Crippen LogP contribution in [-0.4, -0.2) is 15.2 Å². The fraction of sp³-hybridized carbons (Fsp3) is 0.105. The largest absolute Gasteiger partial charge is 0.266 e. The third-order valence-corrected chi connectivity index (χ3v) is 3.79. The number of hydrogen-bond donors (Lipinski definition) is 1. The number of aromatic amines is 1. The second-order valence-electron chi connectivity index (χ2n) is 5.33. The Morgan fingerprint density at radius 3 is 2.33 bits per heavy atom. The summed E-state index contributed by atoms with van der Waals surface area (Å²) in [4.78, 5) is 4.05. The van der Waals surface area contributed by atoms with Crippen LogP contribution < -0.4 is 0 Å². The topological polar surface area (TPSA) is 65.4 Å². The molecule has 3 rings (SSSR count). The number of nitrogens with zero attached hydrogens (tertiary/aromatic N) is 3. The zero-order valence-electron chi connectivity index (χ0n) is 12.9. The zero-order chi connectivity index (χ0) is 16.8. The first-order valence-electron chi connectivity index (χ1n) is 7.54. The standard InChI is InChI=1S/C19H15FN4/c20-17-10-8-16(9-11-17)18(2-1-3-19-22-13-23-24-19)15-6-4-14(12-21)5-7-15/h1,3-11,13,18H,2H2,(H,22,23,24). The number of aromatic nitrogens is 3. The van der Waals surface area contributed by atoms with Gasteiger partial charge < -0.3 is 0 Å². The Labute approximate surface area is 139 Å². The van der Waals surface area contributed by atoms with Crippen LogP contribution >= 0.6 is 0 Å². The Morgan fingerprint density at radius 2 is 1.75 bits per heavy atom. The van der Waals surface area contributed by atoms with E-state index in [4.69, 9.17) is 5.26 Å². The number of nitriles is 1. The minimum atomic E-state index is -0.256. The second-order valence-corrected chi connectivity index (χ2v) is 5.33. The molecule has 1 heterocycles. The van der Waals surface area contributed by atoms with E-state index in [1.807, 2.05) is 24.3 Å². The molecule has 5 heteroatoms. The Hall–Kier alpha value is -3.26. The van der Waals surface area contributed by atoms with Gasteiger partial charge >= 0.3 is 0 Å². The maximum atomic E-state index is 13.2. The Balaban J connectivity index is 1.87. The van der Waals surface area contributed by atoms with Gasteiger partial charge in [0.25, 0.3) is 0 Å². The highest BCUT2D eigenvalue weighted by molar-refractivity contribution is 5.42. The molecule has 0 amide bonds. The minimum absolute atomic E-state index is 0.0635. The molecule has 1 atom stereocenters. The lowest BCUT2D eigenvalue weighted by Crippen LogP contribution is -2.00. The number of rotatable bonds is 5. The highest BCUT2D eigenvalue weighted by atomic mass is 19.1. The van der Waals surface area contributed by atoms with E-state index in [1.54, 1.807) is 24.3 Å². The first-order valence-corrected chi connectivity index (χ1v) is 7.54. The fourth-order valence-electron chi connectivity index (χ4n) is 2.56. The molecule has 1 aromatic heterocycles. The number of allylic oxidation sites excluding steroid dienone is 1. The van der Waals surface area contributed by atoms with Crippen molar-refractivity contribution >= 4 is 6.08 Å². The Kier molecular flexibility index (Phi) is 4.78. The van der Waals surface area contributed by atoms with E-state index in [1.165, 1.54) is 18.5 Å². The van der Waals surface area contributed by atoms with Crippen LogP contribution in [0, 0.1) is 17.1 Å². The van der Waals surface area contributed by atoms with E-state index in [2.05, 4.69) is 21.3 Å². The number of benzene rings is 2. The number of H-pyrrole nitrogens is 1. The first kappa shape index (κ1) is 15.6. The molecule has 0 aliphatic carbocycles. The maximum absolute atomic E-state index is 13.2. The minimum Gasteiger partial charge on any atom is -0.266 e. The van der Waals surface area contributed by atoms with Crippen molar-refractivity contribution in [2.24, 2.45) is 0 Å². The molecule has 0 spiro atoms. The van der Waals surface area contributed by atoms with Crippen molar-refractivity contribution < 1.29 is 4.39 Å². The normalized spacial score (nSPS) is 12.2. The summed E-state index contributed by atoms with van der Waals surface area (Å²) in [7, 11) is 0. The molecule has 0 saturated heterocycles. The summed E-state index contributed by atoms with van der Waals surface area (Å²) in [5.41, 5.74) is 2.70. The Morgan fingerprint density at radius 1 is 1.08 bits per heavy atom. The van der Waals surface area contributed by atoms with Gasteiger partial charge in [-0.05, 0) is 47.9 Å². The summed E-state index contributed by atoms with van der Waals surface area (Å²) >= 11 is 0. The van der Waals surface area contributed by atoms with E-state index in [9.17, 15) is 4.39 Å². The quantitative estimate of drug-likeness (QED) is 0.772. The SMILES string of the molecule is N#Cc1ccc(C(CC=Cc2nc[nH]n2)c2ccc(F)cc2)cc1. The van der Waals surface area contributed by atoms with Crippen LogP contribution in [0.2, 0.25) is 0 Å². The van der Waals surface area contributed by atoms with Gasteiger partial charge in [-0.2, -0.15) is 10.4 Å². The molecule has 24 heavy (non-hydrogen) atoms. The lowest BCUT2D eigenvalue weighted by Gasteiger charge is -2.16. The van der Waals surface area contributed by atoms with Crippen LogP contribution in [0.3, 0.4) is 0 Å². The van der Waals surface area contributed by atoms with Crippen LogP contribution in [0.1, 0.15) is 34.9 Å². The molecule has 118 valence electrons. The van der Waals surface area contributed by atoms with Crippen LogP contribution in [0.4, 0.5) is 4.39 Å². The lowest BCUT2D eigenvalue weighted by atomic mass is 9.88. The smallest absolute Gasteiger partial charge is 0.173 e.